The molecule has 6 nitrogen and oxygen atoms in total. The lowest BCUT2D eigenvalue weighted by molar-refractivity contribution is -0.140. The molecular formula is C20H26N2O4. The van der Waals surface area contributed by atoms with E-state index in [0.29, 0.717) is 6.54 Å². The van der Waals surface area contributed by atoms with Crippen molar-refractivity contribution in [3.8, 4) is 5.75 Å². The van der Waals surface area contributed by atoms with Gasteiger partial charge < -0.3 is 19.7 Å². The van der Waals surface area contributed by atoms with Gasteiger partial charge in [0.15, 0.2) is 0 Å². The summed E-state index contributed by atoms with van der Waals surface area (Å²) in [5.74, 6) is -0.102. The number of benzene rings is 1. The van der Waals surface area contributed by atoms with E-state index >= 15 is 0 Å². The smallest absolute Gasteiger partial charge is 0.303 e. The van der Waals surface area contributed by atoms with E-state index in [9.17, 15) is 14.7 Å². The molecule has 3 rings (SSSR count). The summed E-state index contributed by atoms with van der Waals surface area (Å²) in [6, 6.07) is 7.69. The first-order valence-corrected chi connectivity index (χ1v) is 9.13. The fourth-order valence-electron chi connectivity index (χ4n) is 4.05. The standard InChI is InChI=1S/C20H26N2O4/c1-26-17-7-5-6-16-15(17)8-11-22(16)13-18(23)21-14-20(12-19(24)25)9-3-2-4-10-20/h5-8,11H,2-4,9-10,12-14H2,1H3,(H,21,23)(H,24,25). The fraction of sp³-hybridized carbons (Fsp3) is 0.500. The number of hydrogen-bond acceptors (Lipinski definition) is 3. The Morgan fingerprint density at radius 1 is 1.23 bits per heavy atom. The van der Waals surface area contributed by atoms with E-state index in [4.69, 9.17) is 4.74 Å². The summed E-state index contributed by atoms with van der Waals surface area (Å²) in [7, 11) is 1.63. The summed E-state index contributed by atoms with van der Waals surface area (Å²) >= 11 is 0. The highest BCUT2D eigenvalue weighted by atomic mass is 16.5. The molecule has 26 heavy (non-hydrogen) atoms. The van der Waals surface area contributed by atoms with Crippen molar-refractivity contribution in [2.24, 2.45) is 5.41 Å². The van der Waals surface area contributed by atoms with E-state index in [-0.39, 0.29) is 24.3 Å². The van der Waals surface area contributed by atoms with Crippen LogP contribution in [-0.4, -0.2) is 35.2 Å². The zero-order valence-corrected chi connectivity index (χ0v) is 15.2. The number of ether oxygens (including phenoxy) is 1. The average molecular weight is 358 g/mol. The van der Waals surface area contributed by atoms with Crippen LogP contribution in [0.1, 0.15) is 38.5 Å². The Morgan fingerprint density at radius 2 is 2.00 bits per heavy atom. The van der Waals surface area contributed by atoms with Crippen LogP contribution in [0.15, 0.2) is 30.5 Å². The number of carbonyl (C=O) groups is 2. The van der Waals surface area contributed by atoms with Crippen LogP contribution in [-0.2, 0) is 16.1 Å². The number of methoxy groups -OCH3 is 1. The van der Waals surface area contributed by atoms with E-state index in [2.05, 4.69) is 5.32 Å². The molecule has 140 valence electrons. The quantitative estimate of drug-likeness (QED) is 0.796. The second-order valence-corrected chi connectivity index (χ2v) is 7.24. The van der Waals surface area contributed by atoms with Gasteiger partial charge in [0.05, 0.1) is 19.0 Å². The number of carboxylic acid groups (broad SMARTS) is 1. The van der Waals surface area contributed by atoms with Crippen molar-refractivity contribution in [2.45, 2.75) is 45.1 Å². The molecule has 1 aliphatic carbocycles. The van der Waals surface area contributed by atoms with Gasteiger partial charge in [-0.15, -0.1) is 0 Å². The van der Waals surface area contributed by atoms with E-state index in [0.717, 1.165) is 48.8 Å². The molecule has 6 heteroatoms. The minimum absolute atomic E-state index is 0.0966. The lowest BCUT2D eigenvalue weighted by Gasteiger charge is -2.36. The summed E-state index contributed by atoms with van der Waals surface area (Å²) in [5.41, 5.74) is 0.638. The molecule has 2 aromatic rings. The third-order valence-electron chi connectivity index (χ3n) is 5.41. The van der Waals surface area contributed by atoms with Crippen molar-refractivity contribution < 1.29 is 19.4 Å². The van der Waals surface area contributed by atoms with Crippen molar-refractivity contribution in [3.63, 3.8) is 0 Å². The maximum atomic E-state index is 12.5. The summed E-state index contributed by atoms with van der Waals surface area (Å²) in [6.07, 6.45) is 6.94. The molecule has 1 aromatic carbocycles. The highest BCUT2D eigenvalue weighted by Gasteiger charge is 2.34. The largest absolute Gasteiger partial charge is 0.496 e. The number of fused-ring (bicyclic) bond motifs is 1. The van der Waals surface area contributed by atoms with Gasteiger partial charge in [0, 0.05) is 18.1 Å². The van der Waals surface area contributed by atoms with Crippen LogP contribution >= 0.6 is 0 Å². The minimum Gasteiger partial charge on any atom is -0.496 e. The number of carbonyl (C=O) groups excluding carboxylic acids is 1. The molecule has 0 saturated heterocycles. The van der Waals surface area contributed by atoms with Crippen LogP contribution in [0.3, 0.4) is 0 Å². The highest BCUT2D eigenvalue weighted by molar-refractivity contribution is 5.88. The highest BCUT2D eigenvalue weighted by Crippen LogP contribution is 2.38. The molecule has 1 aliphatic rings. The summed E-state index contributed by atoms with van der Waals surface area (Å²) in [5, 5.41) is 13.2. The third-order valence-corrected chi connectivity index (χ3v) is 5.41. The van der Waals surface area contributed by atoms with Crippen molar-refractivity contribution in [1.29, 1.82) is 0 Å². The Kier molecular flexibility index (Phi) is 5.49. The van der Waals surface area contributed by atoms with Gasteiger partial charge in [0.2, 0.25) is 5.91 Å². The number of amides is 1. The first-order chi connectivity index (χ1) is 12.5. The summed E-state index contributed by atoms with van der Waals surface area (Å²) in [4.78, 5) is 23.7. The second kappa shape index (κ2) is 7.81. The molecule has 1 heterocycles. The molecule has 0 bridgehead atoms. The van der Waals surface area contributed by atoms with Gasteiger partial charge >= 0.3 is 5.97 Å². The van der Waals surface area contributed by atoms with E-state index in [1.165, 1.54) is 0 Å². The van der Waals surface area contributed by atoms with Crippen molar-refractivity contribution in [1.82, 2.24) is 9.88 Å². The second-order valence-electron chi connectivity index (χ2n) is 7.24. The van der Waals surface area contributed by atoms with E-state index in [1.807, 2.05) is 35.0 Å². The maximum Gasteiger partial charge on any atom is 0.303 e. The SMILES string of the molecule is COc1cccc2c1ccn2CC(=O)NCC1(CC(=O)O)CCCCC1. The van der Waals surface area contributed by atoms with Crippen LogP contribution in [0.25, 0.3) is 10.9 Å². The molecule has 0 radical (unpaired) electrons. The van der Waals surface area contributed by atoms with Crippen LogP contribution in [0.2, 0.25) is 0 Å². The molecule has 1 aromatic heterocycles. The number of nitrogens with one attached hydrogen (secondary N) is 1. The van der Waals surface area contributed by atoms with Crippen LogP contribution in [0, 0.1) is 5.41 Å². The van der Waals surface area contributed by atoms with Crippen LogP contribution < -0.4 is 10.1 Å². The van der Waals surface area contributed by atoms with Crippen molar-refractivity contribution in [2.75, 3.05) is 13.7 Å². The van der Waals surface area contributed by atoms with Gasteiger partial charge in [0.1, 0.15) is 12.3 Å². The van der Waals surface area contributed by atoms with E-state index < -0.39 is 5.97 Å². The predicted octanol–water partition coefficient (Wildman–Crippen LogP) is 3.19. The normalized spacial score (nSPS) is 16.3. The Labute approximate surface area is 153 Å². The number of nitrogens with zero attached hydrogens (tertiary/aromatic N) is 1. The number of carboxylic acids is 1. The molecule has 0 unspecified atom stereocenters. The Morgan fingerprint density at radius 3 is 2.69 bits per heavy atom. The average Bonchev–Trinajstić information content (AvgIpc) is 3.03. The number of aliphatic carboxylic acids is 1. The van der Waals surface area contributed by atoms with Gasteiger partial charge in [-0.3, -0.25) is 9.59 Å². The zero-order chi connectivity index (χ0) is 18.6. The summed E-state index contributed by atoms with van der Waals surface area (Å²) < 4.78 is 7.24. The van der Waals surface area contributed by atoms with Gasteiger partial charge in [0.25, 0.3) is 0 Å². The lowest BCUT2D eigenvalue weighted by atomic mass is 9.71. The zero-order valence-electron chi connectivity index (χ0n) is 15.2. The van der Waals surface area contributed by atoms with Gasteiger partial charge in [-0.25, -0.2) is 0 Å². The Hall–Kier alpha value is -2.50. The number of aromatic nitrogens is 1. The van der Waals surface area contributed by atoms with Gasteiger partial charge in [-0.2, -0.15) is 0 Å². The molecule has 1 saturated carbocycles. The fourth-order valence-corrected chi connectivity index (χ4v) is 4.05. The van der Waals surface area contributed by atoms with E-state index in [1.54, 1.807) is 7.11 Å². The van der Waals surface area contributed by atoms with Crippen molar-refractivity contribution >= 4 is 22.8 Å². The first-order valence-electron chi connectivity index (χ1n) is 9.13. The van der Waals surface area contributed by atoms with Crippen LogP contribution in [0.5, 0.6) is 5.75 Å². The Bertz CT molecular complexity index is 790. The monoisotopic (exact) mass is 358 g/mol. The van der Waals surface area contributed by atoms with Gasteiger partial charge in [-0.1, -0.05) is 25.3 Å². The summed E-state index contributed by atoms with van der Waals surface area (Å²) in [6.45, 7) is 0.639. The topological polar surface area (TPSA) is 80.6 Å². The number of hydrogen-bond donors (Lipinski definition) is 2. The predicted molar refractivity (Wildman–Crippen MR) is 99.3 cm³/mol. The number of rotatable bonds is 7. The minimum atomic E-state index is -0.787. The molecule has 1 amide bonds. The van der Waals surface area contributed by atoms with Crippen LogP contribution in [0.4, 0.5) is 0 Å². The third kappa shape index (κ3) is 4.00. The molecule has 2 N–H and O–H groups in total. The molecule has 0 spiro atoms. The molecule has 0 atom stereocenters. The molecule has 0 aliphatic heterocycles. The maximum absolute atomic E-state index is 12.5. The molecule has 1 fully saturated rings. The first kappa shape index (κ1) is 18.3. The lowest BCUT2D eigenvalue weighted by Crippen LogP contribution is -2.41. The molecular weight excluding hydrogens is 332 g/mol. The van der Waals surface area contributed by atoms with Gasteiger partial charge in [-0.05, 0) is 36.5 Å². The Balaban J connectivity index is 1.66. The van der Waals surface area contributed by atoms with Crippen molar-refractivity contribution in [3.05, 3.63) is 30.5 Å².